The molecule has 0 aliphatic carbocycles. The molecular weight excluding hydrogens is 296 g/mol. The molecule has 0 aromatic carbocycles. The van der Waals surface area contributed by atoms with Crippen molar-refractivity contribution in [3.8, 4) is 0 Å². The van der Waals surface area contributed by atoms with Crippen LogP contribution < -0.4 is 5.32 Å². The molecule has 8 heteroatoms. The van der Waals surface area contributed by atoms with E-state index in [1.807, 2.05) is 0 Å². The Morgan fingerprint density at radius 2 is 1.90 bits per heavy atom. The average Bonchev–Trinajstić information content (AvgIpc) is 2.74. The molecule has 1 aliphatic heterocycles. The number of hydrogen-bond donors (Lipinski definition) is 1. The van der Waals surface area contributed by atoms with E-state index in [-0.39, 0.29) is 0 Å². The molecule has 0 saturated carbocycles. The molecule has 0 aromatic rings. The zero-order chi connectivity index (χ0) is 16.4. The van der Waals surface area contributed by atoms with Gasteiger partial charge in [-0.15, -0.1) is 0 Å². The van der Waals surface area contributed by atoms with Gasteiger partial charge in [0.25, 0.3) is 0 Å². The number of ether oxygens (including phenoxy) is 1. The number of hydrogen-bond acceptors (Lipinski definition) is 5. The number of carbonyl (C=O) groups excluding carboxylic acids is 2. The van der Waals surface area contributed by atoms with Gasteiger partial charge in [0.1, 0.15) is 17.7 Å². The fourth-order valence-electron chi connectivity index (χ4n) is 2.16. The van der Waals surface area contributed by atoms with Gasteiger partial charge in [-0.25, -0.2) is 13.2 Å². The van der Waals surface area contributed by atoms with E-state index in [9.17, 15) is 18.0 Å². The van der Waals surface area contributed by atoms with Gasteiger partial charge in [-0.3, -0.25) is 4.79 Å². The minimum Gasteiger partial charge on any atom is -0.458 e. The highest BCUT2D eigenvalue weighted by atomic mass is 32.2. The molecule has 0 spiro atoms. The molecule has 1 aliphatic rings. The third kappa shape index (κ3) is 5.28. The number of rotatable bonds is 4. The van der Waals surface area contributed by atoms with Crippen molar-refractivity contribution in [3.63, 3.8) is 0 Å². The van der Waals surface area contributed by atoms with Crippen molar-refractivity contribution in [2.45, 2.75) is 58.2 Å². The molecule has 2 atom stereocenters. The molecule has 0 aromatic heterocycles. The van der Waals surface area contributed by atoms with Crippen LogP contribution in [0.4, 0.5) is 0 Å². The van der Waals surface area contributed by atoms with Crippen LogP contribution in [0.3, 0.4) is 0 Å². The van der Waals surface area contributed by atoms with Gasteiger partial charge in [-0.2, -0.15) is 4.31 Å². The molecule has 1 unspecified atom stereocenters. The molecule has 1 heterocycles. The van der Waals surface area contributed by atoms with Crippen LogP contribution in [0.2, 0.25) is 0 Å². The van der Waals surface area contributed by atoms with Crippen LogP contribution in [0, 0.1) is 0 Å². The number of sulfonamides is 1. The third-order valence-corrected chi connectivity index (χ3v) is 4.34. The normalized spacial score (nSPS) is 21.9. The quantitative estimate of drug-likeness (QED) is 0.750. The summed E-state index contributed by atoms with van der Waals surface area (Å²) in [6, 6.07) is -1.57. The molecule has 7 nitrogen and oxygen atoms in total. The Hall–Kier alpha value is -1.15. The molecule has 1 rings (SSSR count). The second-order valence-corrected chi connectivity index (χ2v) is 8.23. The Morgan fingerprint density at radius 3 is 2.38 bits per heavy atom. The Labute approximate surface area is 126 Å². The first-order valence-corrected chi connectivity index (χ1v) is 8.77. The Bertz CT molecular complexity index is 509. The summed E-state index contributed by atoms with van der Waals surface area (Å²) in [4.78, 5) is 24.0. The molecular formula is C13H24N2O5S. The first-order chi connectivity index (χ1) is 9.42. The van der Waals surface area contributed by atoms with Gasteiger partial charge in [-0.05, 0) is 40.5 Å². The van der Waals surface area contributed by atoms with E-state index in [2.05, 4.69) is 5.32 Å². The monoisotopic (exact) mass is 320 g/mol. The number of nitrogens with zero attached hydrogens (tertiary/aromatic N) is 1. The van der Waals surface area contributed by atoms with Crippen LogP contribution in [0.25, 0.3) is 0 Å². The Morgan fingerprint density at radius 1 is 1.33 bits per heavy atom. The summed E-state index contributed by atoms with van der Waals surface area (Å²) in [6.07, 6.45) is 2.17. The van der Waals surface area contributed by atoms with Gasteiger partial charge < -0.3 is 10.1 Å². The lowest BCUT2D eigenvalue weighted by Gasteiger charge is -2.25. The predicted octanol–water partition coefficient (Wildman–Crippen LogP) is 0.257. The molecule has 21 heavy (non-hydrogen) atoms. The molecule has 1 N–H and O–H groups in total. The van der Waals surface area contributed by atoms with Gasteiger partial charge in [0.2, 0.25) is 15.9 Å². The molecule has 122 valence electrons. The zero-order valence-corrected chi connectivity index (χ0v) is 14.0. The van der Waals surface area contributed by atoms with Crippen LogP contribution >= 0.6 is 0 Å². The highest BCUT2D eigenvalue weighted by Gasteiger charge is 2.37. The number of carbonyl (C=O) groups is 2. The fraction of sp³-hybridized carbons (Fsp3) is 0.846. The van der Waals surface area contributed by atoms with E-state index >= 15 is 0 Å². The third-order valence-electron chi connectivity index (χ3n) is 3.05. The summed E-state index contributed by atoms with van der Waals surface area (Å²) in [5, 5.41) is 2.53. The van der Waals surface area contributed by atoms with E-state index < -0.39 is 39.6 Å². The van der Waals surface area contributed by atoms with Gasteiger partial charge in [-0.1, -0.05) is 0 Å². The Balaban J connectivity index is 2.66. The second-order valence-electron chi connectivity index (χ2n) is 6.30. The van der Waals surface area contributed by atoms with Crippen LogP contribution in [-0.2, 0) is 24.3 Å². The summed E-state index contributed by atoms with van der Waals surface area (Å²) in [7, 11) is -3.43. The van der Waals surface area contributed by atoms with Gasteiger partial charge in [0, 0.05) is 6.54 Å². The summed E-state index contributed by atoms with van der Waals surface area (Å²) in [6.45, 7) is 7.06. The number of nitrogens with one attached hydrogen (secondary N) is 1. The van der Waals surface area contributed by atoms with Crippen molar-refractivity contribution >= 4 is 21.9 Å². The lowest BCUT2D eigenvalue weighted by Crippen LogP contribution is -2.50. The first-order valence-electron chi connectivity index (χ1n) is 6.92. The largest absolute Gasteiger partial charge is 0.458 e. The molecule has 0 radical (unpaired) electrons. The zero-order valence-electron chi connectivity index (χ0n) is 13.2. The minimum absolute atomic E-state index is 0.331. The van der Waals surface area contributed by atoms with E-state index in [0.717, 1.165) is 6.26 Å². The lowest BCUT2D eigenvalue weighted by molar-refractivity contribution is -0.158. The van der Waals surface area contributed by atoms with Gasteiger partial charge in [0.05, 0.1) is 6.26 Å². The first kappa shape index (κ1) is 17.9. The van der Waals surface area contributed by atoms with Crippen molar-refractivity contribution in [1.29, 1.82) is 0 Å². The SMILES string of the molecule is C[C@H](NC(=O)C1CCCN1S(C)(=O)=O)C(=O)OC(C)(C)C. The van der Waals surface area contributed by atoms with Crippen LogP contribution in [0.5, 0.6) is 0 Å². The van der Waals surface area contributed by atoms with E-state index in [1.165, 1.54) is 11.2 Å². The van der Waals surface area contributed by atoms with E-state index in [4.69, 9.17) is 4.74 Å². The fourth-order valence-corrected chi connectivity index (χ4v) is 3.28. The molecule has 1 fully saturated rings. The van der Waals surface area contributed by atoms with Gasteiger partial charge >= 0.3 is 5.97 Å². The highest BCUT2D eigenvalue weighted by molar-refractivity contribution is 7.88. The van der Waals surface area contributed by atoms with Gasteiger partial charge in [0.15, 0.2) is 0 Å². The minimum atomic E-state index is -3.43. The lowest BCUT2D eigenvalue weighted by atomic mass is 10.2. The smallest absolute Gasteiger partial charge is 0.328 e. The summed E-state index contributed by atoms with van der Waals surface area (Å²) in [5.41, 5.74) is -0.637. The van der Waals surface area contributed by atoms with Crippen LogP contribution in [0.15, 0.2) is 0 Å². The second kappa shape index (κ2) is 6.31. The number of esters is 1. The summed E-state index contributed by atoms with van der Waals surface area (Å²) >= 11 is 0. The van der Waals surface area contributed by atoms with Crippen molar-refractivity contribution < 1.29 is 22.7 Å². The van der Waals surface area contributed by atoms with Crippen LogP contribution in [0.1, 0.15) is 40.5 Å². The van der Waals surface area contributed by atoms with Crippen LogP contribution in [-0.4, -0.2) is 55.1 Å². The maximum absolute atomic E-state index is 12.2. The van der Waals surface area contributed by atoms with E-state index in [0.29, 0.717) is 19.4 Å². The van der Waals surface area contributed by atoms with Crippen molar-refractivity contribution in [2.24, 2.45) is 0 Å². The standard InChI is InChI=1S/C13H24N2O5S/c1-9(12(17)20-13(2,3)4)14-11(16)10-7-6-8-15(10)21(5,18)19/h9-10H,6-8H2,1-5H3,(H,14,16)/t9-,10?/m0/s1. The number of amides is 1. The molecule has 1 saturated heterocycles. The van der Waals surface area contributed by atoms with E-state index in [1.54, 1.807) is 20.8 Å². The highest BCUT2D eigenvalue weighted by Crippen LogP contribution is 2.20. The summed E-state index contributed by atoms with van der Waals surface area (Å²) < 4.78 is 29.6. The summed E-state index contributed by atoms with van der Waals surface area (Å²) in [5.74, 6) is -1.00. The van der Waals surface area contributed by atoms with Crippen molar-refractivity contribution in [1.82, 2.24) is 9.62 Å². The van der Waals surface area contributed by atoms with Crippen molar-refractivity contribution in [3.05, 3.63) is 0 Å². The molecule has 1 amide bonds. The predicted molar refractivity (Wildman–Crippen MR) is 78.0 cm³/mol. The van der Waals surface area contributed by atoms with Crippen molar-refractivity contribution in [2.75, 3.05) is 12.8 Å². The molecule has 0 bridgehead atoms. The maximum atomic E-state index is 12.2. The average molecular weight is 320 g/mol. The Kier molecular flexibility index (Phi) is 5.38. The maximum Gasteiger partial charge on any atom is 0.328 e. The topological polar surface area (TPSA) is 92.8 Å².